The van der Waals surface area contributed by atoms with E-state index < -0.39 is 0 Å². The van der Waals surface area contributed by atoms with Gasteiger partial charge in [0.15, 0.2) is 23.3 Å². The Morgan fingerprint density at radius 3 is 2.75 bits per heavy atom. The zero-order chi connectivity index (χ0) is 25.3. The van der Waals surface area contributed by atoms with Crippen LogP contribution in [0.15, 0.2) is 77.0 Å². The number of anilines is 1. The lowest BCUT2D eigenvalue weighted by atomic mass is 10.2. The van der Waals surface area contributed by atoms with Crippen molar-refractivity contribution in [3.63, 3.8) is 0 Å². The molecule has 0 bridgehead atoms. The summed E-state index contributed by atoms with van der Waals surface area (Å²) in [5.74, 6) is 0.357. The molecular formula is C25H22ClN5O4S. The molecule has 4 aromatic rings. The van der Waals surface area contributed by atoms with Crippen LogP contribution in [0, 0.1) is 0 Å². The molecule has 0 saturated carbocycles. The quantitative estimate of drug-likeness (QED) is 0.160. The van der Waals surface area contributed by atoms with Crippen molar-refractivity contribution in [2.24, 2.45) is 5.10 Å². The maximum absolute atomic E-state index is 12.2. The molecule has 1 heterocycles. The molecule has 11 heteroatoms. The Morgan fingerprint density at radius 2 is 1.94 bits per heavy atom. The number of benzene rings is 3. The van der Waals surface area contributed by atoms with Crippen molar-refractivity contribution in [2.45, 2.75) is 5.16 Å². The number of para-hydroxylation sites is 2. The van der Waals surface area contributed by atoms with Crippen LogP contribution in [-0.4, -0.2) is 47.5 Å². The second-order valence-electron chi connectivity index (χ2n) is 7.40. The number of ether oxygens (including phenoxy) is 2. The van der Waals surface area contributed by atoms with Crippen LogP contribution in [0.25, 0.3) is 11.0 Å². The van der Waals surface area contributed by atoms with Gasteiger partial charge in [0.1, 0.15) is 0 Å². The van der Waals surface area contributed by atoms with Crippen molar-refractivity contribution in [1.82, 2.24) is 15.4 Å². The third-order valence-electron chi connectivity index (χ3n) is 4.77. The molecule has 184 valence electrons. The maximum atomic E-state index is 12.2. The minimum atomic E-state index is -0.340. The average Bonchev–Trinajstić information content (AvgIpc) is 3.30. The zero-order valence-electron chi connectivity index (χ0n) is 19.2. The van der Waals surface area contributed by atoms with Crippen molar-refractivity contribution in [3.8, 4) is 11.5 Å². The van der Waals surface area contributed by atoms with Gasteiger partial charge in [0.05, 0.1) is 30.1 Å². The molecule has 0 unspecified atom stereocenters. The Hall–Kier alpha value is -4.02. The third-order valence-corrected chi connectivity index (χ3v) is 5.87. The number of nitrogens with one attached hydrogen (secondary N) is 3. The summed E-state index contributed by atoms with van der Waals surface area (Å²) >= 11 is 7.22. The Bertz CT molecular complexity index is 1380. The number of amides is 2. The van der Waals surface area contributed by atoms with Gasteiger partial charge in [-0.1, -0.05) is 41.6 Å². The number of fused-ring (bicyclic) bond motifs is 1. The molecule has 0 spiro atoms. The Balaban J connectivity index is 1.26. The molecule has 0 saturated heterocycles. The van der Waals surface area contributed by atoms with Crippen LogP contribution in [0.4, 0.5) is 5.69 Å². The molecule has 9 nitrogen and oxygen atoms in total. The van der Waals surface area contributed by atoms with Gasteiger partial charge in [-0.05, 0) is 54.1 Å². The molecule has 3 aromatic carbocycles. The minimum Gasteiger partial charge on any atom is -0.493 e. The van der Waals surface area contributed by atoms with Gasteiger partial charge >= 0.3 is 0 Å². The van der Waals surface area contributed by atoms with Crippen LogP contribution in [0.3, 0.4) is 0 Å². The summed E-state index contributed by atoms with van der Waals surface area (Å²) in [4.78, 5) is 31.9. The highest BCUT2D eigenvalue weighted by atomic mass is 35.5. The largest absolute Gasteiger partial charge is 0.493 e. The predicted molar refractivity (Wildman–Crippen MR) is 141 cm³/mol. The predicted octanol–water partition coefficient (Wildman–Crippen LogP) is 4.48. The number of imidazole rings is 1. The number of carbonyl (C=O) groups is 2. The molecule has 3 N–H and O–H groups in total. The van der Waals surface area contributed by atoms with Gasteiger partial charge in [-0.3, -0.25) is 9.59 Å². The van der Waals surface area contributed by atoms with Gasteiger partial charge < -0.3 is 19.8 Å². The number of aromatic nitrogens is 2. The van der Waals surface area contributed by atoms with Crippen LogP contribution in [0.2, 0.25) is 5.02 Å². The zero-order valence-corrected chi connectivity index (χ0v) is 20.7. The van der Waals surface area contributed by atoms with E-state index in [4.69, 9.17) is 21.1 Å². The number of H-pyrrole nitrogens is 1. The molecule has 0 aliphatic heterocycles. The maximum Gasteiger partial charge on any atom is 0.262 e. The van der Waals surface area contributed by atoms with E-state index in [-0.39, 0.29) is 24.2 Å². The van der Waals surface area contributed by atoms with E-state index in [0.717, 1.165) is 11.0 Å². The smallest absolute Gasteiger partial charge is 0.262 e. The summed E-state index contributed by atoms with van der Waals surface area (Å²) in [6, 6.07) is 19.6. The number of hydrogen-bond acceptors (Lipinski definition) is 7. The second kappa shape index (κ2) is 12.1. The Morgan fingerprint density at radius 1 is 1.08 bits per heavy atom. The van der Waals surface area contributed by atoms with Crippen LogP contribution >= 0.6 is 23.4 Å². The number of halogens is 1. The van der Waals surface area contributed by atoms with Crippen molar-refractivity contribution in [2.75, 3.05) is 24.8 Å². The monoisotopic (exact) mass is 523 g/mol. The van der Waals surface area contributed by atoms with Crippen LogP contribution in [0.5, 0.6) is 11.5 Å². The molecule has 0 radical (unpaired) electrons. The lowest BCUT2D eigenvalue weighted by molar-refractivity contribution is -0.119. The molecule has 36 heavy (non-hydrogen) atoms. The molecule has 2 amide bonds. The second-order valence-corrected chi connectivity index (χ2v) is 8.80. The fourth-order valence-corrected chi connectivity index (χ4v) is 4.00. The molecule has 0 atom stereocenters. The highest BCUT2D eigenvalue weighted by Crippen LogP contribution is 2.27. The number of thioether (sulfide) groups is 1. The molecule has 4 rings (SSSR count). The van der Waals surface area contributed by atoms with Crippen LogP contribution in [0.1, 0.15) is 5.56 Å². The first kappa shape index (κ1) is 25.1. The topological polar surface area (TPSA) is 118 Å². The van der Waals surface area contributed by atoms with E-state index in [1.165, 1.54) is 25.1 Å². The number of carbonyl (C=O) groups excluding carboxylic acids is 2. The number of rotatable bonds is 10. The minimum absolute atomic E-state index is 0.157. The highest BCUT2D eigenvalue weighted by Gasteiger charge is 2.10. The third kappa shape index (κ3) is 7.00. The van der Waals surface area contributed by atoms with E-state index >= 15 is 0 Å². The van der Waals surface area contributed by atoms with E-state index in [1.54, 1.807) is 42.5 Å². The number of hydrazone groups is 1. The summed E-state index contributed by atoms with van der Waals surface area (Å²) < 4.78 is 10.9. The van der Waals surface area contributed by atoms with Gasteiger partial charge in [0.25, 0.3) is 11.8 Å². The van der Waals surface area contributed by atoms with Crippen molar-refractivity contribution in [3.05, 3.63) is 77.3 Å². The first-order valence-electron chi connectivity index (χ1n) is 10.8. The number of aromatic amines is 1. The number of methoxy groups -OCH3 is 1. The van der Waals surface area contributed by atoms with Crippen molar-refractivity contribution < 1.29 is 19.1 Å². The van der Waals surface area contributed by atoms with Gasteiger partial charge in [-0.15, -0.1) is 0 Å². The lowest BCUT2D eigenvalue weighted by Crippen LogP contribution is -2.20. The molecular weight excluding hydrogens is 502 g/mol. The van der Waals surface area contributed by atoms with Crippen molar-refractivity contribution in [1.29, 1.82) is 0 Å². The molecule has 0 aliphatic rings. The molecule has 1 aromatic heterocycles. The van der Waals surface area contributed by atoms with E-state index in [0.29, 0.717) is 32.9 Å². The standard InChI is InChI=1S/C25H22ClN5O4S/c1-34-22-11-16(9-10-21(22)35-14-23(32)28-18-6-4-5-17(26)12-18)13-27-31-24(33)15-36-25-29-19-7-2-3-8-20(19)30-25/h2-13H,14-15H2,1H3,(H,28,32)(H,29,30)(H,31,33)/b27-13+. The summed E-state index contributed by atoms with van der Waals surface area (Å²) in [6.45, 7) is -0.213. The first-order valence-corrected chi connectivity index (χ1v) is 12.1. The van der Waals surface area contributed by atoms with Gasteiger partial charge in [0.2, 0.25) is 0 Å². The average molecular weight is 524 g/mol. The fraction of sp³-hybridized carbons (Fsp3) is 0.120. The summed E-state index contributed by atoms with van der Waals surface area (Å²) in [6.07, 6.45) is 1.49. The van der Waals surface area contributed by atoms with Crippen LogP contribution < -0.4 is 20.2 Å². The van der Waals surface area contributed by atoms with Crippen LogP contribution in [-0.2, 0) is 9.59 Å². The van der Waals surface area contributed by atoms with E-state index in [2.05, 4.69) is 25.8 Å². The lowest BCUT2D eigenvalue weighted by Gasteiger charge is -2.11. The Labute approximate surface area is 216 Å². The summed E-state index contributed by atoms with van der Waals surface area (Å²) in [7, 11) is 1.49. The first-order chi connectivity index (χ1) is 17.5. The SMILES string of the molecule is COc1cc(/C=N/NC(=O)CSc2nc3ccccc3[nH]2)ccc1OCC(=O)Nc1cccc(Cl)c1. The van der Waals surface area contributed by atoms with Gasteiger partial charge in [0, 0.05) is 10.7 Å². The van der Waals surface area contributed by atoms with Crippen molar-refractivity contribution >= 4 is 58.1 Å². The number of hydrogen-bond donors (Lipinski definition) is 3. The number of nitrogens with zero attached hydrogens (tertiary/aromatic N) is 2. The fourth-order valence-electron chi connectivity index (χ4n) is 3.13. The highest BCUT2D eigenvalue weighted by molar-refractivity contribution is 7.99. The molecule has 0 aliphatic carbocycles. The van der Waals surface area contributed by atoms with E-state index in [1.807, 2.05) is 24.3 Å². The van der Waals surface area contributed by atoms with Gasteiger partial charge in [-0.25, -0.2) is 10.4 Å². The molecule has 0 fully saturated rings. The van der Waals surface area contributed by atoms with E-state index in [9.17, 15) is 9.59 Å². The summed E-state index contributed by atoms with van der Waals surface area (Å²) in [5.41, 5.74) is 5.51. The summed E-state index contributed by atoms with van der Waals surface area (Å²) in [5, 5.41) is 7.89. The van der Waals surface area contributed by atoms with Gasteiger partial charge in [-0.2, -0.15) is 5.10 Å². The normalized spacial score (nSPS) is 10.9. The Kier molecular flexibility index (Phi) is 8.43.